The average Bonchev–Trinajstić information content (AvgIpc) is 1.25. The molecule has 2 N–H and O–H groups in total. The minimum absolute atomic E-state index is 0. The largest absolute Gasteiger partial charge is 0.481 e. The van der Waals surface area contributed by atoms with Gasteiger partial charge in [0.15, 0.2) is 0 Å². The van der Waals surface area contributed by atoms with Crippen molar-refractivity contribution in [2.24, 2.45) is 0 Å². The molecular weight excluding hydrogens is 156 g/mol. The van der Waals surface area contributed by atoms with Crippen LogP contribution in [0.4, 0.5) is 0 Å². The van der Waals surface area contributed by atoms with E-state index in [1.165, 1.54) is 0 Å². The summed E-state index contributed by atoms with van der Waals surface area (Å²) >= 11 is 0. The third kappa shape index (κ3) is 14800. The minimum Gasteiger partial charge on any atom is -0.481 e. The van der Waals surface area contributed by atoms with Crippen LogP contribution in [0, 0.1) is 0 Å². The van der Waals surface area contributed by atoms with Crippen LogP contribution in [0.3, 0.4) is 0 Å². The predicted molar refractivity (Wildman–Crippen MR) is 30.7 cm³/mol. The zero-order chi connectivity index (χ0) is 7.15. The average molecular weight is 168 g/mol. The van der Waals surface area contributed by atoms with Crippen molar-refractivity contribution in [2.75, 3.05) is 0 Å². The second-order valence-electron chi connectivity index (χ2n) is 1.61. The number of carboxylic acids is 1. The minimum atomic E-state index is -0.833. The van der Waals surface area contributed by atoms with E-state index in [1.807, 2.05) is 0 Å². The van der Waals surface area contributed by atoms with Crippen LogP contribution in [0.15, 0.2) is 0 Å². The first-order chi connectivity index (χ1) is 3.46. The standard InChI is InChI=1S/C3H8O.C2H4O2.Ti/c1-3(2)4;1-2(3)4;/h3-4H,1-2H3;1H3,(H,3,4);. The Bertz CT molecular complexity index is 56.5. The van der Waals surface area contributed by atoms with Crippen molar-refractivity contribution in [1.29, 1.82) is 0 Å². The Morgan fingerprint density at radius 3 is 1.44 bits per heavy atom. The van der Waals surface area contributed by atoms with Gasteiger partial charge in [0.25, 0.3) is 5.97 Å². The Labute approximate surface area is 70.0 Å². The molecule has 0 radical (unpaired) electrons. The summed E-state index contributed by atoms with van der Waals surface area (Å²) in [4.78, 5) is 9.00. The van der Waals surface area contributed by atoms with Gasteiger partial charge in [-0.2, -0.15) is 0 Å². The van der Waals surface area contributed by atoms with Gasteiger partial charge in [0.2, 0.25) is 0 Å². The van der Waals surface area contributed by atoms with Gasteiger partial charge in [0.05, 0.1) is 0 Å². The third-order valence-corrected chi connectivity index (χ3v) is 0. The summed E-state index contributed by atoms with van der Waals surface area (Å²) in [6, 6.07) is 0. The molecule has 0 aliphatic rings. The summed E-state index contributed by atoms with van der Waals surface area (Å²) in [7, 11) is 0. The van der Waals surface area contributed by atoms with Gasteiger partial charge in [0.1, 0.15) is 0 Å². The maximum Gasteiger partial charge on any atom is 0.300 e. The van der Waals surface area contributed by atoms with Crippen molar-refractivity contribution in [3.05, 3.63) is 0 Å². The van der Waals surface area contributed by atoms with Gasteiger partial charge >= 0.3 is 0 Å². The molecule has 4 heteroatoms. The van der Waals surface area contributed by atoms with E-state index in [0.717, 1.165) is 6.92 Å². The quantitative estimate of drug-likeness (QED) is 0.517. The summed E-state index contributed by atoms with van der Waals surface area (Å²) in [6.45, 7) is 4.53. The number of hydrogen-bond acceptors (Lipinski definition) is 2. The summed E-state index contributed by atoms with van der Waals surface area (Å²) in [6.07, 6.45) is -0.167. The van der Waals surface area contributed by atoms with Crippen LogP contribution in [0.5, 0.6) is 0 Å². The first kappa shape index (κ1) is 16.1. The van der Waals surface area contributed by atoms with Crippen molar-refractivity contribution in [1.82, 2.24) is 0 Å². The predicted octanol–water partition coefficient (Wildman–Crippen LogP) is 0.476. The molecule has 0 aliphatic heterocycles. The van der Waals surface area contributed by atoms with E-state index in [9.17, 15) is 0 Å². The molecule has 0 spiro atoms. The molecule has 54 valence electrons. The number of carbonyl (C=O) groups is 1. The Morgan fingerprint density at radius 2 is 1.44 bits per heavy atom. The van der Waals surface area contributed by atoms with Crippen LogP contribution in [0.1, 0.15) is 20.8 Å². The summed E-state index contributed by atoms with van der Waals surface area (Å²) in [5.41, 5.74) is 0. The maximum atomic E-state index is 9.00. The number of rotatable bonds is 0. The van der Waals surface area contributed by atoms with Gasteiger partial charge < -0.3 is 10.2 Å². The molecule has 0 atom stereocenters. The number of aliphatic carboxylic acids is 1. The van der Waals surface area contributed by atoms with Gasteiger partial charge in [0, 0.05) is 34.7 Å². The molecule has 0 unspecified atom stereocenters. The first-order valence-corrected chi connectivity index (χ1v) is 2.34. The molecule has 0 amide bonds. The number of hydrogen-bond donors (Lipinski definition) is 2. The monoisotopic (exact) mass is 168 g/mol. The molecule has 0 rings (SSSR count). The van der Waals surface area contributed by atoms with Crippen LogP contribution in [-0.2, 0) is 26.5 Å². The normalized spacial score (nSPS) is 6.78. The zero-order valence-corrected chi connectivity index (χ0v) is 7.44. The molecule has 0 saturated heterocycles. The smallest absolute Gasteiger partial charge is 0.300 e. The van der Waals surface area contributed by atoms with Crippen molar-refractivity contribution in [3.63, 3.8) is 0 Å². The molecule has 0 fully saturated rings. The van der Waals surface area contributed by atoms with Gasteiger partial charge in [-0.25, -0.2) is 0 Å². The molecular formula is C5H12O3Ti. The van der Waals surface area contributed by atoms with Crippen molar-refractivity contribution >= 4 is 5.97 Å². The van der Waals surface area contributed by atoms with E-state index in [-0.39, 0.29) is 27.8 Å². The van der Waals surface area contributed by atoms with Crippen LogP contribution in [0.25, 0.3) is 0 Å². The molecule has 0 bridgehead atoms. The third-order valence-electron chi connectivity index (χ3n) is 0. The fourth-order valence-corrected chi connectivity index (χ4v) is 0. The Balaban J connectivity index is -0.0000000720. The van der Waals surface area contributed by atoms with Gasteiger partial charge in [-0.05, 0) is 13.8 Å². The Kier molecular flexibility index (Phi) is 19.7. The van der Waals surface area contributed by atoms with Gasteiger partial charge in [-0.1, -0.05) is 0 Å². The maximum absolute atomic E-state index is 9.00. The second kappa shape index (κ2) is 11.0. The molecule has 0 saturated carbocycles. The molecule has 0 aromatic rings. The summed E-state index contributed by atoms with van der Waals surface area (Å²) in [5.74, 6) is -0.833. The van der Waals surface area contributed by atoms with Crippen LogP contribution >= 0.6 is 0 Å². The molecule has 0 heterocycles. The van der Waals surface area contributed by atoms with Crippen LogP contribution in [-0.4, -0.2) is 22.3 Å². The van der Waals surface area contributed by atoms with Crippen molar-refractivity contribution < 1.29 is 36.7 Å². The molecule has 9 heavy (non-hydrogen) atoms. The van der Waals surface area contributed by atoms with E-state index < -0.39 is 5.97 Å². The van der Waals surface area contributed by atoms with E-state index in [4.69, 9.17) is 15.0 Å². The summed E-state index contributed by atoms with van der Waals surface area (Å²) in [5, 5.41) is 15.5. The van der Waals surface area contributed by atoms with E-state index >= 15 is 0 Å². The summed E-state index contributed by atoms with van der Waals surface area (Å²) < 4.78 is 0. The second-order valence-corrected chi connectivity index (χ2v) is 1.61. The number of aliphatic hydroxyl groups is 1. The van der Waals surface area contributed by atoms with E-state index in [1.54, 1.807) is 13.8 Å². The molecule has 0 aromatic carbocycles. The van der Waals surface area contributed by atoms with Crippen LogP contribution < -0.4 is 0 Å². The molecule has 0 aromatic heterocycles. The Hall–Kier alpha value is 0.144. The Morgan fingerprint density at radius 1 is 1.44 bits per heavy atom. The van der Waals surface area contributed by atoms with E-state index in [2.05, 4.69) is 0 Å². The zero-order valence-electron chi connectivity index (χ0n) is 5.88. The SMILES string of the molecule is CC(=O)O.CC(C)O.[Ti]. The molecule has 0 aliphatic carbocycles. The van der Waals surface area contributed by atoms with E-state index in [0.29, 0.717) is 0 Å². The molecule has 3 nitrogen and oxygen atoms in total. The number of carboxylic acid groups (broad SMARTS) is 1. The fourth-order valence-electron chi connectivity index (χ4n) is 0. The number of aliphatic hydroxyl groups excluding tert-OH is 1. The first-order valence-electron chi connectivity index (χ1n) is 2.34. The topological polar surface area (TPSA) is 57.5 Å². The van der Waals surface area contributed by atoms with Crippen molar-refractivity contribution in [2.45, 2.75) is 26.9 Å². The fraction of sp³-hybridized carbons (Fsp3) is 0.800. The van der Waals surface area contributed by atoms with Crippen molar-refractivity contribution in [3.8, 4) is 0 Å². The van der Waals surface area contributed by atoms with Crippen LogP contribution in [0.2, 0.25) is 0 Å². The van der Waals surface area contributed by atoms with Gasteiger partial charge in [-0.15, -0.1) is 0 Å². The van der Waals surface area contributed by atoms with Gasteiger partial charge in [-0.3, -0.25) is 4.79 Å².